The lowest BCUT2D eigenvalue weighted by Crippen LogP contribution is -2.49. The maximum Gasteiger partial charge on any atom is 0.307 e. The third-order valence-corrected chi connectivity index (χ3v) is 4.18. The Morgan fingerprint density at radius 3 is 3.00 bits per heavy atom. The number of carbonyl (C=O) groups excluding carboxylic acids is 1. The molecular weight excluding hydrogens is 282 g/mol. The van der Waals surface area contributed by atoms with Gasteiger partial charge in [-0.25, -0.2) is 4.98 Å². The van der Waals surface area contributed by atoms with E-state index in [1.165, 1.54) is 7.11 Å². The Balaban J connectivity index is 1.94. The van der Waals surface area contributed by atoms with Crippen molar-refractivity contribution < 1.29 is 9.53 Å². The van der Waals surface area contributed by atoms with Crippen LogP contribution < -0.4 is 5.32 Å². The van der Waals surface area contributed by atoms with Crippen LogP contribution in [0.25, 0.3) is 0 Å². The van der Waals surface area contributed by atoms with Crippen molar-refractivity contribution in [2.24, 2.45) is 10.9 Å². The van der Waals surface area contributed by atoms with Crippen molar-refractivity contribution in [1.82, 2.24) is 19.8 Å². The van der Waals surface area contributed by atoms with Gasteiger partial charge in [0.2, 0.25) is 0 Å². The molecule has 1 aromatic rings. The van der Waals surface area contributed by atoms with Crippen molar-refractivity contribution >= 4 is 11.9 Å². The molecule has 0 aromatic carbocycles. The van der Waals surface area contributed by atoms with Gasteiger partial charge in [0.1, 0.15) is 0 Å². The average Bonchev–Trinajstić information content (AvgIpc) is 3.06. The highest BCUT2D eigenvalue weighted by molar-refractivity contribution is 5.80. The van der Waals surface area contributed by atoms with Crippen molar-refractivity contribution in [3.8, 4) is 0 Å². The number of hydrogen-bond donors (Lipinski definition) is 1. The maximum atomic E-state index is 11.2. The summed E-state index contributed by atoms with van der Waals surface area (Å²) in [5.41, 5.74) is 0. The van der Waals surface area contributed by atoms with Gasteiger partial charge < -0.3 is 19.5 Å². The molecule has 1 N–H and O–H groups in total. The first-order chi connectivity index (χ1) is 10.7. The van der Waals surface area contributed by atoms with Gasteiger partial charge in [0.15, 0.2) is 5.96 Å². The lowest BCUT2D eigenvalue weighted by atomic mass is 9.93. The van der Waals surface area contributed by atoms with E-state index in [9.17, 15) is 4.79 Å². The smallest absolute Gasteiger partial charge is 0.307 e. The number of carbonyl (C=O) groups is 1. The van der Waals surface area contributed by atoms with Crippen LogP contribution in [0.4, 0.5) is 0 Å². The third-order valence-electron chi connectivity index (χ3n) is 4.18. The highest BCUT2D eigenvalue weighted by Crippen LogP contribution is 2.27. The number of nitrogens with one attached hydrogen (secondary N) is 1. The molecule has 0 bridgehead atoms. The van der Waals surface area contributed by atoms with Crippen LogP contribution in [0.2, 0.25) is 0 Å². The number of ether oxygens (including phenoxy) is 1. The molecule has 2 atom stereocenters. The van der Waals surface area contributed by atoms with E-state index in [1.54, 1.807) is 7.05 Å². The van der Waals surface area contributed by atoms with Gasteiger partial charge in [0.25, 0.3) is 0 Å². The summed E-state index contributed by atoms with van der Waals surface area (Å²) < 4.78 is 6.81. The van der Waals surface area contributed by atoms with E-state index in [-0.39, 0.29) is 5.97 Å². The molecule has 1 aromatic heterocycles. The standard InChI is InChI=1S/C15H25N5O2/c1-12-5-8-19(10-13(12)20-9-7-17-11-20)15(16-2)18-6-4-14(21)22-3/h7,9,11-13H,4-6,8,10H2,1-3H3,(H,16,18). The average molecular weight is 307 g/mol. The minimum Gasteiger partial charge on any atom is -0.469 e. The third kappa shape index (κ3) is 3.99. The zero-order valence-electron chi connectivity index (χ0n) is 13.5. The van der Waals surface area contributed by atoms with E-state index in [4.69, 9.17) is 0 Å². The summed E-state index contributed by atoms with van der Waals surface area (Å²) in [5, 5.41) is 3.24. The van der Waals surface area contributed by atoms with Crippen LogP contribution in [-0.2, 0) is 9.53 Å². The fraction of sp³-hybridized carbons (Fsp3) is 0.667. The van der Waals surface area contributed by atoms with Gasteiger partial charge in [-0.3, -0.25) is 9.79 Å². The van der Waals surface area contributed by atoms with Crippen LogP contribution >= 0.6 is 0 Å². The molecule has 0 amide bonds. The summed E-state index contributed by atoms with van der Waals surface area (Å²) in [6.45, 7) is 4.65. The van der Waals surface area contributed by atoms with Crippen molar-refractivity contribution in [3.63, 3.8) is 0 Å². The number of methoxy groups -OCH3 is 1. The van der Waals surface area contributed by atoms with Gasteiger partial charge in [-0.2, -0.15) is 0 Å². The Labute approximate surface area is 131 Å². The van der Waals surface area contributed by atoms with Crippen LogP contribution in [0.1, 0.15) is 25.8 Å². The molecule has 1 saturated heterocycles. The van der Waals surface area contributed by atoms with Crippen LogP contribution in [0.5, 0.6) is 0 Å². The molecule has 1 aliphatic rings. The zero-order chi connectivity index (χ0) is 15.9. The molecule has 7 heteroatoms. The number of piperidine rings is 1. The van der Waals surface area contributed by atoms with Gasteiger partial charge in [-0.1, -0.05) is 6.92 Å². The quantitative estimate of drug-likeness (QED) is 0.508. The fourth-order valence-corrected chi connectivity index (χ4v) is 2.81. The monoisotopic (exact) mass is 307 g/mol. The van der Waals surface area contributed by atoms with Crippen molar-refractivity contribution in [3.05, 3.63) is 18.7 Å². The summed E-state index contributed by atoms with van der Waals surface area (Å²) in [6.07, 6.45) is 7.14. The van der Waals surface area contributed by atoms with E-state index in [0.29, 0.717) is 24.9 Å². The predicted molar refractivity (Wildman–Crippen MR) is 84.6 cm³/mol. The van der Waals surface area contributed by atoms with E-state index in [2.05, 4.69) is 36.4 Å². The molecule has 1 aliphatic heterocycles. The number of nitrogens with zero attached hydrogens (tertiary/aromatic N) is 4. The van der Waals surface area contributed by atoms with Gasteiger partial charge in [-0.15, -0.1) is 0 Å². The molecule has 122 valence electrons. The van der Waals surface area contributed by atoms with Gasteiger partial charge in [-0.05, 0) is 12.3 Å². The van der Waals surface area contributed by atoms with Gasteiger partial charge in [0.05, 0.1) is 25.9 Å². The molecule has 2 unspecified atom stereocenters. The summed E-state index contributed by atoms with van der Waals surface area (Å²) in [5.74, 6) is 1.21. The normalized spacial score (nSPS) is 22.5. The molecule has 2 rings (SSSR count). The molecule has 0 spiro atoms. The first kappa shape index (κ1) is 16.3. The topological polar surface area (TPSA) is 71.8 Å². The van der Waals surface area contributed by atoms with E-state index >= 15 is 0 Å². The Bertz CT molecular complexity index is 500. The van der Waals surface area contributed by atoms with E-state index < -0.39 is 0 Å². The number of aromatic nitrogens is 2. The van der Waals surface area contributed by atoms with Gasteiger partial charge >= 0.3 is 5.97 Å². The maximum absolute atomic E-state index is 11.2. The lowest BCUT2D eigenvalue weighted by molar-refractivity contribution is -0.140. The minimum atomic E-state index is -0.216. The number of likely N-dealkylation sites (tertiary alicyclic amines) is 1. The largest absolute Gasteiger partial charge is 0.469 e. The first-order valence-electron chi connectivity index (χ1n) is 7.65. The van der Waals surface area contributed by atoms with Crippen molar-refractivity contribution in [2.75, 3.05) is 33.8 Å². The van der Waals surface area contributed by atoms with Crippen molar-refractivity contribution in [1.29, 1.82) is 0 Å². The van der Waals surface area contributed by atoms with Crippen LogP contribution in [-0.4, -0.2) is 60.2 Å². The molecule has 1 fully saturated rings. The van der Waals surface area contributed by atoms with E-state index in [0.717, 1.165) is 25.5 Å². The lowest BCUT2D eigenvalue weighted by Gasteiger charge is -2.39. The Hall–Kier alpha value is -2.05. The fourth-order valence-electron chi connectivity index (χ4n) is 2.81. The molecule has 2 heterocycles. The summed E-state index contributed by atoms with van der Waals surface area (Å²) in [7, 11) is 3.17. The number of esters is 1. The summed E-state index contributed by atoms with van der Waals surface area (Å²) >= 11 is 0. The molecular formula is C15H25N5O2. The van der Waals surface area contributed by atoms with Crippen molar-refractivity contribution in [2.45, 2.75) is 25.8 Å². The molecule has 0 radical (unpaired) electrons. The van der Waals surface area contributed by atoms with Crippen LogP contribution in [0.3, 0.4) is 0 Å². The minimum absolute atomic E-state index is 0.216. The summed E-state index contributed by atoms with van der Waals surface area (Å²) in [6, 6.07) is 0.385. The first-order valence-corrected chi connectivity index (χ1v) is 7.65. The highest BCUT2D eigenvalue weighted by Gasteiger charge is 2.28. The Morgan fingerprint density at radius 2 is 2.36 bits per heavy atom. The number of guanidine groups is 1. The van der Waals surface area contributed by atoms with Crippen LogP contribution in [0.15, 0.2) is 23.7 Å². The van der Waals surface area contributed by atoms with Crippen LogP contribution in [0, 0.1) is 5.92 Å². The number of hydrogen-bond acceptors (Lipinski definition) is 4. The second-order valence-electron chi connectivity index (χ2n) is 5.59. The number of rotatable bonds is 4. The number of imidazole rings is 1. The molecule has 0 saturated carbocycles. The van der Waals surface area contributed by atoms with Gasteiger partial charge in [0, 0.05) is 39.1 Å². The predicted octanol–water partition coefficient (Wildman–Crippen LogP) is 0.905. The summed E-state index contributed by atoms with van der Waals surface area (Å²) in [4.78, 5) is 21.9. The molecule has 7 nitrogen and oxygen atoms in total. The Kier molecular flexibility index (Phi) is 5.80. The second kappa shape index (κ2) is 7.82. The molecule has 22 heavy (non-hydrogen) atoms. The highest BCUT2D eigenvalue weighted by atomic mass is 16.5. The second-order valence-corrected chi connectivity index (χ2v) is 5.59. The Morgan fingerprint density at radius 1 is 1.55 bits per heavy atom. The van der Waals surface area contributed by atoms with E-state index in [1.807, 2.05) is 18.7 Å². The molecule has 0 aliphatic carbocycles. The SMILES string of the molecule is CN=C(NCCC(=O)OC)N1CCC(C)C(n2ccnc2)C1. The number of aliphatic imine (C=N–C) groups is 1. The zero-order valence-corrected chi connectivity index (χ0v) is 13.5.